The zero-order chi connectivity index (χ0) is 24.9. The van der Waals surface area contributed by atoms with Gasteiger partial charge in [0.2, 0.25) is 0 Å². The SMILES string of the molecule is CCOC(=O)c1cc(Cl)c(-c2ccc(OCC(=O)O)c(Cc3cccc4ccccc34)c2)c(Cl)c1. The predicted octanol–water partition coefficient (Wildman–Crippen LogP) is 7.04. The molecule has 178 valence electrons. The van der Waals surface area contributed by atoms with Crippen molar-refractivity contribution in [3.8, 4) is 16.9 Å². The first kappa shape index (κ1) is 24.6. The largest absolute Gasteiger partial charge is 0.482 e. The molecule has 5 nitrogen and oxygen atoms in total. The molecule has 35 heavy (non-hydrogen) atoms. The molecule has 1 N–H and O–H groups in total. The zero-order valence-corrected chi connectivity index (χ0v) is 20.4. The third-order valence-electron chi connectivity index (χ3n) is 5.51. The fraction of sp³-hybridized carbons (Fsp3) is 0.143. The van der Waals surface area contributed by atoms with Crippen LogP contribution in [-0.4, -0.2) is 30.3 Å². The molecule has 4 aromatic rings. The van der Waals surface area contributed by atoms with Gasteiger partial charge in [-0.25, -0.2) is 9.59 Å². The maximum absolute atomic E-state index is 12.1. The number of ether oxygens (including phenoxy) is 2. The summed E-state index contributed by atoms with van der Waals surface area (Å²) >= 11 is 13.1. The van der Waals surface area contributed by atoms with E-state index < -0.39 is 18.5 Å². The number of aliphatic carboxylic acids is 1. The average molecular weight is 509 g/mol. The van der Waals surface area contributed by atoms with Crippen molar-refractivity contribution in [2.75, 3.05) is 13.2 Å². The van der Waals surface area contributed by atoms with E-state index in [9.17, 15) is 9.59 Å². The van der Waals surface area contributed by atoms with Gasteiger partial charge >= 0.3 is 11.9 Å². The van der Waals surface area contributed by atoms with Crippen molar-refractivity contribution >= 4 is 45.9 Å². The number of halogens is 2. The second-order valence-electron chi connectivity index (χ2n) is 7.86. The third kappa shape index (κ3) is 5.59. The monoisotopic (exact) mass is 508 g/mol. The van der Waals surface area contributed by atoms with E-state index >= 15 is 0 Å². The Morgan fingerprint density at radius 2 is 1.60 bits per heavy atom. The summed E-state index contributed by atoms with van der Waals surface area (Å²) in [7, 11) is 0. The highest BCUT2D eigenvalue weighted by Gasteiger charge is 2.17. The molecule has 0 aliphatic carbocycles. The molecule has 0 spiro atoms. The van der Waals surface area contributed by atoms with Crippen LogP contribution >= 0.6 is 23.2 Å². The van der Waals surface area contributed by atoms with E-state index in [2.05, 4.69) is 0 Å². The summed E-state index contributed by atoms with van der Waals surface area (Å²) in [6, 6.07) is 22.5. The lowest BCUT2D eigenvalue weighted by atomic mass is 9.95. The molecule has 4 aromatic carbocycles. The molecule has 7 heteroatoms. The number of hydrogen-bond donors (Lipinski definition) is 1. The van der Waals surface area contributed by atoms with Crippen LogP contribution in [-0.2, 0) is 16.0 Å². The predicted molar refractivity (Wildman–Crippen MR) is 138 cm³/mol. The number of esters is 1. The first-order valence-corrected chi connectivity index (χ1v) is 11.7. The van der Waals surface area contributed by atoms with E-state index in [1.54, 1.807) is 19.1 Å². The fourth-order valence-electron chi connectivity index (χ4n) is 3.99. The molecule has 0 aliphatic heterocycles. The van der Waals surface area contributed by atoms with Gasteiger partial charge in [0, 0.05) is 12.0 Å². The smallest absolute Gasteiger partial charge is 0.341 e. The van der Waals surface area contributed by atoms with Gasteiger partial charge in [0.15, 0.2) is 6.61 Å². The van der Waals surface area contributed by atoms with Crippen molar-refractivity contribution < 1.29 is 24.2 Å². The van der Waals surface area contributed by atoms with Crippen LogP contribution in [0.1, 0.15) is 28.4 Å². The number of rotatable bonds is 8. The average Bonchev–Trinajstić information content (AvgIpc) is 2.83. The summed E-state index contributed by atoms with van der Waals surface area (Å²) in [4.78, 5) is 23.3. The maximum atomic E-state index is 12.1. The molecule has 0 saturated heterocycles. The van der Waals surface area contributed by atoms with Gasteiger partial charge in [0.05, 0.1) is 22.2 Å². The highest BCUT2D eigenvalue weighted by atomic mass is 35.5. The third-order valence-corrected chi connectivity index (χ3v) is 6.11. The Morgan fingerprint density at radius 3 is 2.31 bits per heavy atom. The minimum atomic E-state index is -1.06. The van der Waals surface area contributed by atoms with Crippen LogP contribution in [0.4, 0.5) is 0 Å². The molecule has 0 fully saturated rings. The normalized spacial score (nSPS) is 10.8. The highest BCUT2D eigenvalue weighted by Crippen LogP contribution is 2.38. The maximum Gasteiger partial charge on any atom is 0.341 e. The quantitative estimate of drug-likeness (QED) is 0.258. The van der Waals surface area contributed by atoms with Gasteiger partial charge in [-0.15, -0.1) is 0 Å². The van der Waals surface area contributed by atoms with E-state index in [4.69, 9.17) is 37.8 Å². The van der Waals surface area contributed by atoms with Crippen LogP contribution in [0.5, 0.6) is 5.75 Å². The molecule has 4 rings (SSSR count). The Balaban J connectivity index is 1.78. The van der Waals surface area contributed by atoms with E-state index in [1.807, 2.05) is 48.5 Å². The van der Waals surface area contributed by atoms with Crippen LogP contribution < -0.4 is 4.74 Å². The summed E-state index contributed by atoms with van der Waals surface area (Å²) < 4.78 is 10.6. The summed E-state index contributed by atoms with van der Waals surface area (Å²) in [5.74, 6) is -1.11. The van der Waals surface area contributed by atoms with Crippen molar-refractivity contribution in [2.24, 2.45) is 0 Å². The van der Waals surface area contributed by atoms with Gasteiger partial charge in [-0.3, -0.25) is 0 Å². The minimum Gasteiger partial charge on any atom is -0.482 e. The highest BCUT2D eigenvalue weighted by molar-refractivity contribution is 6.39. The van der Waals surface area contributed by atoms with Crippen LogP contribution in [0, 0.1) is 0 Å². The Labute approximate surface area is 212 Å². The Bertz CT molecular complexity index is 1390. The van der Waals surface area contributed by atoms with Crippen LogP contribution in [0.2, 0.25) is 10.0 Å². The molecule has 0 aliphatic rings. The van der Waals surface area contributed by atoms with Gasteiger partial charge in [0.25, 0.3) is 0 Å². The Morgan fingerprint density at radius 1 is 0.886 bits per heavy atom. The summed E-state index contributed by atoms with van der Waals surface area (Å²) in [5, 5.41) is 11.9. The molecular weight excluding hydrogens is 487 g/mol. The molecular formula is C28H22Cl2O5. The molecule has 0 saturated carbocycles. The van der Waals surface area contributed by atoms with Gasteiger partial charge in [0.1, 0.15) is 5.75 Å². The van der Waals surface area contributed by atoms with Crippen LogP contribution in [0.3, 0.4) is 0 Å². The number of carboxylic acid groups (broad SMARTS) is 1. The van der Waals surface area contributed by atoms with Crippen molar-refractivity contribution in [2.45, 2.75) is 13.3 Å². The van der Waals surface area contributed by atoms with E-state index in [1.165, 1.54) is 12.1 Å². The van der Waals surface area contributed by atoms with Crippen molar-refractivity contribution in [1.29, 1.82) is 0 Å². The topological polar surface area (TPSA) is 72.8 Å². The number of fused-ring (bicyclic) bond motifs is 1. The molecule has 0 unspecified atom stereocenters. The molecule has 0 atom stereocenters. The molecule has 0 radical (unpaired) electrons. The number of benzene rings is 4. The lowest BCUT2D eigenvalue weighted by Gasteiger charge is -2.16. The van der Waals surface area contributed by atoms with E-state index in [-0.39, 0.29) is 12.2 Å². The molecule has 0 heterocycles. The lowest BCUT2D eigenvalue weighted by molar-refractivity contribution is -0.139. The van der Waals surface area contributed by atoms with E-state index in [0.717, 1.165) is 21.9 Å². The van der Waals surface area contributed by atoms with E-state index in [0.29, 0.717) is 33.3 Å². The van der Waals surface area contributed by atoms with Gasteiger partial charge in [-0.1, -0.05) is 71.7 Å². The fourth-order valence-corrected chi connectivity index (χ4v) is 4.69. The number of carboxylic acids is 1. The van der Waals surface area contributed by atoms with Crippen molar-refractivity contribution in [3.05, 3.63) is 99.5 Å². The van der Waals surface area contributed by atoms with Gasteiger partial charge < -0.3 is 14.6 Å². The Kier molecular flexibility index (Phi) is 7.59. The van der Waals surface area contributed by atoms with Crippen LogP contribution in [0.15, 0.2) is 72.8 Å². The molecule has 0 bridgehead atoms. The Hall–Kier alpha value is -3.54. The number of carbonyl (C=O) groups is 2. The van der Waals surface area contributed by atoms with Crippen molar-refractivity contribution in [3.63, 3.8) is 0 Å². The van der Waals surface area contributed by atoms with Gasteiger partial charge in [-0.05, 0) is 58.7 Å². The summed E-state index contributed by atoms with van der Waals surface area (Å²) in [6.07, 6.45) is 0.500. The second-order valence-corrected chi connectivity index (χ2v) is 8.67. The first-order chi connectivity index (χ1) is 16.9. The lowest BCUT2D eigenvalue weighted by Crippen LogP contribution is -2.10. The minimum absolute atomic E-state index is 0.241. The van der Waals surface area contributed by atoms with Gasteiger partial charge in [-0.2, -0.15) is 0 Å². The molecule has 0 amide bonds. The zero-order valence-electron chi connectivity index (χ0n) is 18.9. The second kappa shape index (κ2) is 10.8. The number of carbonyl (C=O) groups excluding carboxylic acids is 1. The van der Waals surface area contributed by atoms with Crippen molar-refractivity contribution in [1.82, 2.24) is 0 Å². The standard InChI is InChI=1S/C28H22Cl2O5/c1-2-34-28(33)21-14-23(29)27(24(30)15-21)19-10-11-25(35-16-26(31)32)20(13-19)12-18-8-5-7-17-6-3-4-9-22(17)18/h3-11,13-15H,2,12,16H2,1H3,(H,31,32). The summed E-state index contributed by atoms with van der Waals surface area (Å²) in [6.45, 7) is 1.50. The number of hydrogen-bond acceptors (Lipinski definition) is 4. The first-order valence-electron chi connectivity index (χ1n) is 11.0. The molecule has 0 aromatic heterocycles. The van der Waals surface area contributed by atoms with Crippen LogP contribution in [0.25, 0.3) is 21.9 Å². The summed E-state index contributed by atoms with van der Waals surface area (Å²) in [5.41, 5.74) is 3.39.